The lowest BCUT2D eigenvalue weighted by atomic mass is 9.70. The Labute approximate surface area is 170 Å². The van der Waals surface area contributed by atoms with Gasteiger partial charge in [-0.1, -0.05) is 61.4 Å². The molecular formula is C24H25NO4. The highest BCUT2D eigenvalue weighted by Crippen LogP contribution is 2.48. The Bertz CT molecular complexity index is 925. The summed E-state index contributed by atoms with van der Waals surface area (Å²) >= 11 is 0. The lowest BCUT2D eigenvalue weighted by molar-refractivity contribution is -0.152. The highest BCUT2D eigenvalue weighted by Gasteiger charge is 2.55. The molecule has 0 spiro atoms. The van der Waals surface area contributed by atoms with Crippen molar-refractivity contribution in [3.8, 4) is 11.1 Å². The Morgan fingerprint density at radius 1 is 1.00 bits per heavy atom. The van der Waals surface area contributed by atoms with Crippen LogP contribution in [-0.2, 0) is 9.53 Å². The first-order valence-corrected chi connectivity index (χ1v) is 10.5. The van der Waals surface area contributed by atoms with E-state index in [0.29, 0.717) is 19.4 Å². The van der Waals surface area contributed by atoms with Crippen LogP contribution in [0, 0.1) is 5.41 Å². The summed E-state index contributed by atoms with van der Waals surface area (Å²) in [7, 11) is 0. The van der Waals surface area contributed by atoms with Gasteiger partial charge in [0.15, 0.2) is 0 Å². The summed E-state index contributed by atoms with van der Waals surface area (Å²) in [5.74, 6) is -0.749. The Morgan fingerprint density at radius 3 is 2.31 bits per heavy atom. The van der Waals surface area contributed by atoms with Gasteiger partial charge in [-0.15, -0.1) is 0 Å². The van der Waals surface area contributed by atoms with Crippen molar-refractivity contribution < 1.29 is 19.4 Å². The van der Waals surface area contributed by atoms with Crippen molar-refractivity contribution in [2.24, 2.45) is 5.41 Å². The largest absolute Gasteiger partial charge is 0.481 e. The smallest absolute Gasteiger partial charge is 0.410 e. The van der Waals surface area contributed by atoms with E-state index < -0.39 is 11.4 Å². The monoisotopic (exact) mass is 391 g/mol. The van der Waals surface area contributed by atoms with Crippen molar-refractivity contribution >= 4 is 12.1 Å². The molecule has 0 radical (unpaired) electrons. The van der Waals surface area contributed by atoms with Crippen molar-refractivity contribution in [2.75, 3.05) is 13.2 Å². The molecule has 150 valence electrons. The Kier molecular flexibility index (Phi) is 4.34. The maximum atomic E-state index is 13.0. The third-order valence-corrected chi connectivity index (χ3v) is 7.16. The quantitative estimate of drug-likeness (QED) is 0.827. The van der Waals surface area contributed by atoms with Crippen molar-refractivity contribution in [2.45, 2.75) is 44.1 Å². The van der Waals surface area contributed by atoms with Crippen LogP contribution in [0.3, 0.4) is 0 Å². The van der Waals surface area contributed by atoms with E-state index in [1.54, 1.807) is 4.90 Å². The number of amides is 1. The Hall–Kier alpha value is -2.82. The molecule has 5 heteroatoms. The molecule has 5 rings (SSSR count). The molecule has 3 aliphatic rings. The van der Waals surface area contributed by atoms with E-state index in [-0.39, 0.29) is 24.7 Å². The lowest BCUT2D eigenvalue weighted by Crippen LogP contribution is -2.48. The van der Waals surface area contributed by atoms with Gasteiger partial charge in [-0.2, -0.15) is 0 Å². The predicted octanol–water partition coefficient (Wildman–Crippen LogP) is 4.65. The number of hydrogen-bond donors (Lipinski definition) is 1. The summed E-state index contributed by atoms with van der Waals surface area (Å²) in [6.45, 7) is 0.740. The van der Waals surface area contributed by atoms with Crippen molar-refractivity contribution in [1.29, 1.82) is 0 Å². The fourth-order valence-corrected chi connectivity index (χ4v) is 5.69. The van der Waals surface area contributed by atoms with Crippen LogP contribution in [-0.4, -0.2) is 41.3 Å². The number of benzene rings is 2. The average Bonchev–Trinajstić information content (AvgIpc) is 3.30. The summed E-state index contributed by atoms with van der Waals surface area (Å²) in [6.07, 6.45) is 3.43. The van der Waals surface area contributed by atoms with Gasteiger partial charge >= 0.3 is 12.1 Å². The van der Waals surface area contributed by atoms with E-state index in [2.05, 4.69) is 24.3 Å². The minimum Gasteiger partial charge on any atom is -0.481 e. The highest BCUT2D eigenvalue weighted by molar-refractivity contribution is 5.80. The minimum absolute atomic E-state index is 0.0181. The summed E-state index contributed by atoms with van der Waals surface area (Å²) in [6, 6.07) is 16.3. The van der Waals surface area contributed by atoms with Crippen LogP contribution in [0.15, 0.2) is 48.5 Å². The third-order valence-electron chi connectivity index (χ3n) is 7.16. The Balaban J connectivity index is 1.35. The second-order valence-corrected chi connectivity index (χ2v) is 8.47. The maximum absolute atomic E-state index is 13.0. The van der Waals surface area contributed by atoms with E-state index >= 15 is 0 Å². The van der Waals surface area contributed by atoms with Gasteiger partial charge in [-0.05, 0) is 41.5 Å². The van der Waals surface area contributed by atoms with Crippen LogP contribution in [0.4, 0.5) is 4.79 Å². The summed E-state index contributed by atoms with van der Waals surface area (Å²) in [5.41, 5.74) is 3.97. The molecule has 2 aromatic carbocycles. The number of aliphatic carboxylic acids is 1. The van der Waals surface area contributed by atoms with E-state index in [9.17, 15) is 14.7 Å². The number of likely N-dealkylation sites (tertiary alicyclic amines) is 1. The van der Waals surface area contributed by atoms with Gasteiger partial charge in [-0.25, -0.2) is 4.79 Å². The highest BCUT2D eigenvalue weighted by atomic mass is 16.6. The van der Waals surface area contributed by atoms with Crippen LogP contribution in [0.25, 0.3) is 11.1 Å². The number of carboxylic acids is 1. The second kappa shape index (κ2) is 6.90. The third kappa shape index (κ3) is 2.75. The molecule has 2 aromatic rings. The first-order chi connectivity index (χ1) is 14.1. The van der Waals surface area contributed by atoms with Gasteiger partial charge in [0.05, 0.1) is 11.5 Å². The number of ether oxygens (including phenoxy) is 1. The number of carbonyl (C=O) groups is 2. The van der Waals surface area contributed by atoms with Crippen LogP contribution >= 0.6 is 0 Å². The topological polar surface area (TPSA) is 66.8 Å². The number of fused-ring (bicyclic) bond motifs is 4. The number of nitrogens with zero attached hydrogens (tertiary/aromatic N) is 1. The number of hydrogen-bond acceptors (Lipinski definition) is 3. The molecule has 0 aromatic heterocycles. The Morgan fingerprint density at radius 2 is 1.66 bits per heavy atom. The summed E-state index contributed by atoms with van der Waals surface area (Å²) in [4.78, 5) is 26.6. The predicted molar refractivity (Wildman–Crippen MR) is 109 cm³/mol. The summed E-state index contributed by atoms with van der Waals surface area (Å²) in [5, 5.41) is 9.84. The maximum Gasteiger partial charge on any atom is 0.410 e. The molecule has 1 heterocycles. The molecule has 2 aliphatic carbocycles. The zero-order chi connectivity index (χ0) is 20.0. The van der Waals surface area contributed by atoms with Crippen molar-refractivity contribution in [1.82, 2.24) is 4.90 Å². The standard InChI is InChI=1S/C24H25NO4/c26-22(27)24-12-6-5-11-21(24)25(14-13-24)23(28)29-15-20-18-9-3-1-7-16(18)17-8-2-4-10-19(17)20/h1-4,7-10,20-21H,5-6,11-15H2,(H,26,27). The number of carbonyl (C=O) groups excluding carboxylic acids is 1. The molecule has 1 N–H and O–H groups in total. The molecule has 1 amide bonds. The number of rotatable bonds is 3. The molecule has 29 heavy (non-hydrogen) atoms. The SMILES string of the molecule is O=C(OCC1c2ccccc2-c2ccccc21)N1CCC2(C(=O)O)CCCCC12. The fraction of sp³-hybridized carbons (Fsp3) is 0.417. The molecular weight excluding hydrogens is 366 g/mol. The normalized spacial score (nSPS) is 25.2. The zero-order valence-electron chi connectivity index (χ0n) is 16.3. The number of carboxylic acid groups (broad SMARTS) is 1. The van der Waals surface area contributed by atoms with E-state index in [0.717, 1.165) is 19.3 Å². The molecule has 2 fully saturated rings. The van der Waals surface area contributed by atoms with E-state index in [1.165, 1.54) is 22.3 Å². The minimum atomic E-state index is -0.788. The van der Waals surface area contributed by atoms with Gasteiger partial charge < -0.3 is 14.7 Å². The molecule has 1 saturated carbocycles. The second-order valence-electron chi connectivity index (χ2n) is 8.47. The van der Waals surface area contributed by atoms with Crippen LogP contribution in [0.1, 0.15) is 49.1 Å². The average molecular weight is 391 g/mol. The molecule has 1 saturated heterocycles. The van der Waals surface area contributed by atoms with Crippen LogP contribution < -0.4 is 0 Å². The summed E-state index contributed by atoms with van der Waals surface area (Å²) < 4.78 is 5.79. The lowest BCUT2D eigenvalue weighted by Gasteiger charge is -2.38. The first kappa shape index (κ1) is 18.2. The van der Waals surface area contributed by atoms with E-state index in [4.69, 9.17) is 4.74 Å². The first-order valence-electron chi connectivity index (χ1n) is 10.5. The van der Waals surface area contributed by atoms with Crippen LogP contribution in [0.5, 0.6) is 0 Å². The molecule has 5 nitrogen and oxygen atoms in total. The van der Waals surface area contributed by atoms with E-state index in [1.807, 2.05) is 24.3 Å². The van der Waals surface area contributed by atoms with Gasteiger partial charge in [0, 0.05) is 12.5 Å². The molecule has 2 atom stereocenters. The molecule has 2 unspecified atom stereocenters. The van der Waals surface area contributed by atoms with Gasteiger partial charge in [0.25, 0.3) is 0 Å². The van der Waals surface area contributed by atoms with Gasteiger partial charge in [0.1, 0.15) is 6.61 Å². The zero-order valence-corrected chi connectivity index (χ0v) is 16.3. The van der Waals surface area contributed by atoms with Gasteiger partial charge in [0.2, 0.25) is 0 Å². The van der Waals surface area contributed by atoms with Gasteiger partial charge in [-0.3, -0.25) is 4.79 Å². The molecule has 0 bridgehead atoms. The van der Waals surface area contributed by atoms with Crippen LogP contribution in [0.2, 0.25) is 0 Å². The fourth-order valence-electron chi connectivity index (χ4n) is 5.69. The van der Waals surface area contributed by atoms with Crippen molar-refractivity contribution in [3.63, 3.8) is 0 Å². The van der Waals surface area contributed by atoms with Crippen molar-refractivity contribution in [3.05, 3.63) is 59.7 Å². The molecule has 1 aliphatic heterocycles.